The first-order chi connectivity index (χ1) is 12.2. The molecule has 138 valence electrons. The van der Waals surface area contributed by atoms with Crippen LogP contribution >= 0.6 is 0 Å². The maximum absolute atomic E-state index is 11.7. The van der Waals surface area contributed by atoms with Crippen molar-refractivity contribution < 1.29 is 14.3 Å². The van der Waals surface area contributed by atoms with E-state index in [1.165, 1.54) is 5.56 Å². The summed E-state index contributed by atoms with van der Waals surface area (Å²) < 4.78 is 12.0. The van der Waals surface area contributed by atoms with Gasteiger partial charge < -0.3 is 14.8 Å². The largest absolute Gasteiger partial charge is 0.377 e. The van der Waals surface area contributed by atoms with Crippen LogP contribution in [0.1, 0.15) is 5.56 Å². The lowest BCUT2D eigenvalue weighted by Crippen LogP contribution is -2.59. The fourth-order valence-electron chi connectivity index (χ4n) is 3.63. The van der Waals surface area contributed by atoms with Gasteiger partial charge in [-0.2, -0.15) is 0 Å². The van der Waals surface area contributed by atoms with Gasteiger partial charge in [0, 0.05) is 39.8 Å². The fourth-order valence-corrected chi connectivity index (χ4v) is 3.63. The van der Waals surface area contributed by atoms with E-state index in [9.17, 15) is 4.79 Å². The number of hydrogen-bond donors (Lipinski definition) is 1. The first-order valence-corrected chi connectivity index (χ1v) is 9.10. The Hall–Kier alpha value is -1.47. The van der Waals surface area contributed by atoms with Crippen LogP contribution < -0.4 is 5.32 Å². The highest BCUT2D eigenvalue weighted by Crippen LogP contribution is 2.23. The summed E-state index contributed by atoms with van der Waals surface area (Å²) in [5.41, 5.74) is 1.03. The summed E-state index contributed by atoms with van der Waals surface area (Å²) in [6, 6.07) is 10.6. The molecule has 2 aliphatic heterocycles. The molecule has 1 unspecified atom stereocenters. The third-order valence-electron chi connectivity index (χ3n) is 4.96. The Morgan fingerprint density at radius 1 is 1.16 bits per heavy atom. The zero-order chi connectivity index (χ0) is 17.5. The van der Waals surface area contributed by atoms with Crippen LogP contribution in [0.5, 0.6) is 0 Å². The zero-order valence-electron chi connectivity index (χ0n) is 15.1. The Bertz CT molecular complexity index is 554. The van der Waals surface area contributed by atoms with E-state index in [2.05, 4.69) is 45.4 Å². The highest BCUT2D eigenvalue weighted by molar-refractivity contribution is 5.77. The van der Waals surface area contributed by atoms with Crippen molar-refractivity contribution in [3.63, 3.8) is 0 Å². The van der Waals surface area contributed by atoms with E-state index in [0.29, 0.717) is 26.4 Å². The van der Waals surface area contributed by atoms with Gasteiger partial charge in [0.2, 0.25) is 5.91 Å². The number of nitrogens with zero attached hydrogens (tertiary/aromatic N) is 2. The Morgan fingerprint density at radius 3 is 2.72 bits per heavy atom. The number of morpholine rings is 1. The van der Waals surface area contributed by atoms with E-state index in [-0.39, 0.29) is 11.5 Å². The van der Waals surface area contributed by atoms with Crippen molar-refractivity contribution in [3.05, 3.63) is 35.9 Å². The summed E-state index contributed by atoms with van der Waals surface area (Å²) in [5, 5.41) is 2.70. The van der Waals surface area contributed by atoms with Gasteiger partial charge in [-0.05, 0) is 12.0 Å². The highest BCUT2D eigenvalue weighted by Gasteiger charge is 2.40. The third-order valence-corrected chi connectivity index (χ3v) is 4.96. The van der Waals surface area contributed by atoms with Crippen molar-refractivity contribution in [2.24, 2.45) is 0 Å². The molecule has 6 heteroatoms. The van der Waals surface area contributed by atoms with Gasteiger partial charge in [-0.3, -0.25) is 14.6 Å². The molecule has 25 heavy (non-hydrogen) atoms. The van der Waals surface area contributed by atoms with Gasteiger partial charge >= 0.3 is 0 Å². The molecule has 2 fully saturated rings. The quantitative estimate of drug-likeness (QED) is 0.835. The molecule has 0 bridgehead atoms. The fraction of sp³-hybridized carbons (Fsp3) is 0.632. The molecule has 0 aromatic heterocycles. The first kappa shape index (κ1) is 18.3. The van der Waals surface area contributed by atoms with Gasteiger partial charge in [-0.25, -0.2) is 0 Å². The van der Waals surface area contributed by atoms with Crippen molar-refractivity contribution in [1.82, 2.24) is 15.1 Å². The van der Waals surface area contributed by atoms with Crippen LogP contribution in [0, 0.1) is 0 Å². The summed E-state index contributed by atoms with van der Waals surface area (Å²) in [6.45, 7) is 6.68. The Balaban J connectivity index is 1.58. The second-order valence-corrected chi connectivity index (χ2v) is 6.98. The van der Waals surface area contributed by atoms with Crippen LogP contribution in [0.25, 0.3) is 0 Å². The average molecular weight is 347 g/mol. The molecule has 3 rings (SSSR count). The molecular weight excluding hydrogens is 318 g/mol. The maximum Gasteiger partial charge on any atom is 0.233 e. The molecule has 6 nitrogen and oxygen atoms in total. The van der Waals surface area contributed by atoms with E-state index >= 15 is 0 Å². The molecule has 1 aromatic carbocycles. The first-order valence-electron chi connectivity index (χ1n) is 9.10. The normalized spacial score (nSPS) is 25.6. The van der Waals surface area contributed by atoms with Crippen LogP contribution in [0.2, 0.25) is 0 Å². The van der Waals surface area contributed by atoms with Crippen molar-refractivity contribution in [2.45, 2.75) is 12.0 Å². The number of carbonyl (C=O) groups excluding carboxylic acids is 1. The van der Waals surface area contributed by atoms with Crippen molar-refractivity contribution in [2.75, 3.05) is 66.1 Å². The molecule has 1 aromatic rings. The SMILES string of the molecule is CNC(=O)CN1CCOCC2(CN(CCc3ccccc3)CCO2)C1. The van der Waals surface area contributed by atoms with Gasteiger partial charge in [0.05, 0.1) is 26.4 Å². The maximum atomic E-state index is 11.7. The summed E-state index contributed by atoms with van der Waals surface area (Å²) in [4.78, 5) is 16.3. The molecule has 2 aliphatic rings. The van der Waals surface area contributed by atoms with Crippen LogP contribution in [-0.2, 0) is 20.7 Å². The number of amides is 1. The molecule has 0 saturated carbocycles. The molecular formula is C19H29N3O3. The standard InChI is InChI=1S/C19H29N3O3/c1-20-18(23)13-22-9-11-24-16-19(15-22)14-21(10-12-25-19)8-7-17-5-3-2-4-6-17/h2-6H,7-16H2,1H3,(H,20,23). The smallest absolute Gasteiger partial charge is 0.233 e. The average Bonchev–Trinajstić information content (AvgIpc) is 2.83. The number of carbonyl (C=O) groups is 1. The number of ether oxygens (including phenoxy) is 2. The van der Waals surface area contributed by atoms with Gasteiger partial charge in [0.15, 0.2) is 0 Å². The van der Waals surface area contributed by atoms with Crippen LogP contribution in [0.4, 0.5) is 0 Å². The molecule has 2 heterocycles. The lowest BCUT2D eigenvalue weighted by Gasteiger charge is -2.43. The van der Waals surface area contributed by atoms with E-state index in [0.717, 1.165) is 39.1 Å². The van der Waals surface area contributed by atoms with Gasteiger partial charge in [0.1, 0.15) is 5.60 Å². The predicted octanol–water partition coefficient (Wildman–Crippen LogP) is 0.378. The molecule has 1 N–H and O–H groups in total. The third kappa shape index (κ3) is 5.25. The van der Waals surface area contributed by atoms with Crippen molar-refractivity contribution in [1.29, 1.82) is 0 Å². The number of hydrogen-bond acceptors (Lipinski definition) is 5. The zero-order valence-corrected chi connectivity index (χ0v) is 15.1. The van der Waals surface area contributed by atoms with E-state index < -0.39 is 0 Å². The molecule has 1 atom stereocenters. The number of rotatable bonds is 5. The lowest BCUT2D eigenvalue weighted by molar-refractivity contribution is -0.142. The van der Waals surface area contributed by atoms with Gasteiger partial charge in [-0.15, -0.1) is 0 Å². The molecule has 0 aliphatic carbocycles. The summed E-state index contributed by atoms with van der Waals surface area (Å²) in [5.74, 6) is 0.0359. The minimum atomic E-state index is -0.334. The van der Waals surface area contributed by atoms with Crippen LogP contribution in [0.15, 0.2) is 30.3 Å². The van der Waals surface area contributed by atoms with Gasteiger partial charge in [-0.1, -0.05) is 30.3 Å². The van der Waals surface area contributed by atoms with Gasteiger partial charge in [0.25, 0.3) is 0 Å². The van der Waals surface area contributed by atoms with Crippen molar-refractivity contribution in [3.8, 4) is 0 Å². The van der Waals surface area contributed by atoms with E-state index in [1.54, 1.807) is 7.05 Å². The topological polar surface area (TPSA) is 54.0 Å². The monoisotopic (exact) mass is 347 g/mol. The molecule has 1 spiro atoms. The van der Waals surface area contributed by atoms with E-state index in [1.807, 2.05) is 0 Å². The minimum absolute atomic E-state index is 0.0359. The van der Waals surface area contributed by atoms with Crippen LogP contribution in [-0.4, -0.2) is 87.4 Å². The Kier molecular flexibility index (Phi) is 6.42. The minimum Gasteiger partial charge on any atom is -0.377 e. The molecule has 0 radical (unpaired) electrons. The van der Waals surface area contributed by atoms with E-state index in [4.69, 9.17) is 9.47 Å². The second-order valence-electron chi connectivity index (χ2n) is 6.98. The predicted molar refractivity (Wildman–Crippen MR) is 96.6 cm³/mol. The van der Waals surface area contributed by atoms with Crippen molar-refractivity contribution >= 4 is 5.91 Å². The van der Waals surface area contributed by atoms with Crippen LogP contribution in [0.3, 0.4) is 0 Å². The lowest BCUT2D eigenvalue weighted by atomic mass is 10.0. The highest BCUT2D eigenvalue weighted by atomic mass is 16.5. The number of likely N-dealkylation sites (N-methyl/N-ethyl adjacent to an activating group) is 1. The number of benzene rings is 1. The molecule has 2 saturated heterocycles. The summed E-state index contributed by atoms with van der Waals surface area (Å²) in [6.07, 6.45) is 1.04. The Morgan fingerprint density at radius 2 is 1.92 bits per heavy atom. The second kappa shape index (κ2) is 8.76. The summed E-state index contributed by atoms with van der Waals surface area (Å²) in [7, 11) is 1.68. The summed E-state index contributed by atoms with van der Waals surface area (Å²) >= 11 is 0. The molecule has 1 amide bonds. The number of nitrogens with one attached hydrogen (secondary N) is 1. The Labute approximate surface area is 150 Å².